The number of nitrogens with zero attached hydrogens (tertiary/aromatic N) is 1. The molecule has 3 rings (SSSR count). The van der Waals surface area contributed by atoms with E-state index in [1.165, 1.54) is 4.31 Å². The second kappa shape index (κ2) is 11.7. The van der Waals surface area contributed by atoms with Gasteiger partial charge in [0, 0.05) is 6.54 Å². The number of anilines is 1. The third-order valence-corrected chi connectivity index (χ3v) is 7.23. The largest absolute Gasteiger partial charge is 0.494 e. The van der Waals surface area contributed by atoms with Crippen LogP contribution in [0.25, 0.3) is 0 Å². The van der Waals surface area contributed by atoms with Crippen molar-refractivity contribution in [3.63, 3.8) is 0 Å². The predicted molar refractivity (Wildman–Crippen MR) is 136 cm³/mol. The molecule has 0 radical (unpaired) electrons. The van der Waals surface area contributed by atoms with Gasteiger partial charge in [-0.2, -0.15) is 0 Å². The lowest BCUT2D eigenvalue weighted by Crippen LogP contribution is -2.41. The number of hydrogen-bond acceptors (Lipinski definition) is 4. The molecule has 0 aliphatic rings. The molecule has 0 spiro atoms. The summed E-state index contributed by atoms with van der Waals surface area (Å²) in [5.41, 5.74) is 3.40. The molecule has 34 heavy (non-hydrogen) atoms. The van der Waals surface area contributed by atoms with Crippen LogP contribution in [0.15, 0.2) is 77.7 Å². The summed E-state index contributed by atoms with van der Waals surface area (Å²) < 4.78 is 33.7. The SMILES string of the molecule is CCOc1ccccc1CCCNC(=O)CN(c1ccc(C)cc1C)S(=O)(=O)c1ccccc1. The molecule has 0 fully saturated rings. The van der Waals surface area contributed by atoms with Gasteiger partial charge in [-0.15, -0.1) is 0 Å². The van der Waals surface area contributed by atoms with Gasteiger partial charge in [-0.05, 0) is 69.0 Å². The number of benzene rings is 3. The Labute approximate surface area is 202 Å². The molecule has 0 atom stereocenters. The van der Waals surface area contributed by atoms with Crippen molar-refractivity contribution in [3.8, 4) is 5.75 Å². The third kappa shape index (κ3) is 6.38. The molecule has 0 saturated heterocycles. The van der Waals surface area contributed by atoms with E-state index in [2.05, 4.69) is 5.32 Å². The van der Waals surface area contributed by atoms with E-state index in [4.69, 9.17) is 4.74 Å². The Morgan fingerprint density at radius 1 is 0.971 bits per heavy atom. The topological polar surface area (TPSA) is 75.7 Å². The molecule has 0 aromatic heterocycles. The zero-order valence-corrected chi connectivity index (χ0v) is 20.8. The van der Waals surface area contributed by atoms with Crippen molar-refractivity contribution in [1.82, 2.24) is 5.32 Å². The summed E-state index contributed by atoms with van der Waals surface area (Å²) in [6, 6.07) is 21.6. The van der Waals surface area contributed by atoms with Crippen LogP contribution in [0.3, 0.4) is 0 Å². The molecule has 180 valence electrons. The molecule has 0 aliphatic carbocycles. The lowest BCUT2D eigenvalue weighted by Gasteiger charge is -2.26. The number of carbonyl (C=O) groups excluding carboxylic acids is 1. The summed E-state index contributed by atoms with van der Waals surface area (Å²) in [6.07, 6.45) is 1.46. The highest BCUT2D eigenvalue weighted by molar-refractivity contribution is 7.92. The fraction of sp³-hybridized carbons (Fsp3) is 0.296. The van der Waals surface area contributed by atoms with Gasteiger partial charge in [0.2, 0.25) is 5.91 Å². The van der Waals surface area contributed by atoms with Crippen LogP contribution in [0, 0.1) is 13.8 Å². The Kier molecular flexibility index (Phi) is 8.71. The zero-order valence-electron chi connectivity index (χ0n) is 20.0. The first-order chi connectivity index (χ1) is 16.3. The third-order valence-electron chi connectivity index (χ3n) is 5.46. The first kappa shape index (κ1) is 25.3. The van der Waals surface area contributed by atoms with Gasteiger partial charge >= 0.3 is 0 Å². The van der Waals surface area contributed by atoms with Gasteiger partial charge in [-0.25, -0.2) is 8.42 Å². The Morgan fingerprint density at radius 2 is 1.68 bits per heavy atom. The fourth-order valence-corrected chi connectivity index (χ4v) is 5.31. The van der Waals surface area contributed by atoms with E-state index in [1.54, 1.807) is 36.4 Å². The van der Waals surface area contributed by atoms with Crippen LogP contribution in [0.5, 0.6) is 5.75 Å². The minimum atomic E-state index is -3.91. The molecular weight excluding hydrogens is 448 g/mol. The van der Waals surface area contributed by atoms with E-state index in [9.17, 15) is 13.2 Å². The highest BCUT2D eigenvalue weighted by Crippen LogP contribution is 2.27. The summed E-state index contributed by atoms with van der Waals surface area (Å²) in [7, 11) is -3.91. The van der Waals surface area contributed by atoms with Gasteiger partial charge in [-0.3, -0.25) is 9.10 Å². The lowest BCUT2D eigenvalue weighted by molar-refractivity contribution is -0.119. The predicted octanol–water partition coefficient (Wildman–Crippen LogP) is 4.65. The summed E-state index contributed by atoms with van der Waals surface area (Å²) in [5.74, 6) is 0.504. The van der Waals surface area contributed by atoms with Gasteiger partial charge in [-0.1, -0.05) is 54.1 Å². The molecule has 7 heteroatoms. The quantitative estimate of drug-likeness (QED) is 0.406. The smallest absolute Gasteiger partial charge is 0.264 e. The second-order valence-corrected chi connectivity index (χ2v) is 9.97. The van der Waals surface area contributed by atoms with Crippen molar-refractivity contribution in [1.29, 1.82) is 0 Å². The number of carbonyl (C=O) groups is 1. The van der Waals surface area contributed by atoms with E-state index in [1.807, 2.05) is 57.2 Å². The van der Waals surface area contributed by atoms with Gasteiger partial charge in [0.25, 0.3) is 10.0 Å². The number of nitrogens with one attached hydrogen (secondary N) is 1. The minimum absolute atomic E-state index is 0.148. The Balaban J connectivity index is 1.71. The highest BCUT2D eigenvalue weighted by atomic mass is 32.2. The van der Waals surface area contributed by atoms with Crippen LogP contribution in [0.4, 0.5) is 5.69 Å². The van der Waals surface area contributed by atoms with Gasteiger partial charge in [0.05, 0.1) is 17.2 Å². The van der Waals surface area contributed by atoms with Crippen molar-refractivity contribution in [3.05, 3.63) is 89.5 Å². The van der Waals surface area contributed by atoms with Crippen molar-refractivity contribution in [2.24, 2.45) is 0 Å². The number of ether oxygens (including phenoxy) is 1. The highest BCUT2D eigenvalue weighted by Gasteiger charge is 2.28. The van der Waals surface area contributed by atoms with E-state index < -0.39 is 10.0 Å². The molecule has 0 saturated carbocycles. The Hall–Kier alpha value is -3.32. The maximum atomic E-state index is 13.5. The number of rotatable bonds is 11. The molecule has 0 heterocycles. The van der Waals surface area contributed by atoms with Crippen molar-refractivity contribution in [2.75, 3.05) is 24.0 Å². The van der Waals surface area contributed by atoms with Crippen LogP contribution < -0.4 is 14.4 Å². The number of sulfonamides is 1. The maximum absolute atomic E-state index is 13.5. The maximum Gasteiger partial charge on any atom is 0.264 e. The van der Waals surface area contributed by atoms with Crippen LogP contribution in [0.2, 0.25) is 0 Å². The van der Waals surface area contributed by atoms with E-state index in [-0.39, 0.29) is 17.3 Å². The number of amides is 1. The monoisotopic (exact) mass is 480 g/mol. The van der Waals surface area contributed by atoms with Crippen molar-refractivity contribution < 1.29 is 17.9 Å². The first-order valence-electron chi connectivity index (χ1n) is 11.5. The summed E-state index contributed by atoms with van der Waals surface area (Å²) in [5, 5.41) is 2.87. The minimum Gasteiger partial charge on any atom is -0.494 e. The molecule has 0 unspecified atom stereocenters. The average molecular weight is 481 g/mol. The lowest BCUT2D eigenvalue weighted by atomic mass is 10.1. The van der Waals surface area contributed by atoms with E-state index in [0.717, 1.165) is 28.9 Å². The summed E-state index contributed by atoms with van der Waals surface area (Å²) >= 11 is 0. The van der Waals surface area contributed by atoms with Gasteiger partial charge < -0.3 is 10.1 Å². The fourth-order valence-electron chi connectivity index (χ4n) is 3.80. The van der Waals surface area contributed by atoms with Crippen LogP contribution in [-0.2, 0) is 21.2 Å². The molecule has 0 aliphatic heterocycles. The van der Waals surface area contributed by atoms with E-state index >= 15 is 0 Å². The summed E-state index contributed by atoms with van der Waals surface area (Å²) in [6.45, 7) is 6.48. The molecule has 3 aromatic rings. The zero-order chi connectivity index (χ0) is 24.6. The Morgan fingerprint density at radius 3 is 2.38 bits per heavy atom. The first-order valence-corrected chi connectivity index (χ1v) is 12.9. The average Bonchev–Trinajstić information content (AvgIpc) is 2.82. The normalized spacial score (nSPS) is 11.1. The molecular formula is C27H32N2O4S. The molecule has 3 aromatic carbocycles. The van der Waals surface area contributed by atoms with Crippen molar-refractivity contribution >= 4 is 21.6 Å². The van der Waals surface area contributed by atoms with Crippen LogP contribution in [0.1, 0.15) is 30.0 Å². The Bertz CT molecular complexity index is 1210. The van der Waals surface area contributed by atoms with Crippen LogP contribution in [-0.4, -0.2) is 34.0 Å². The van der Waals surface area contributed by atoms with E-state index in [0.29, 0.717) is 25.3 Å². The van der Waals surface area contributed by atoms with Crippen molar-refractivity contribution in [2.45, 2.75) is 38.5 Å². The molecule has 6 nitrogen and oxygen atoms in total. The van der Waals surface area contributed by atoms with Gasteiger partial charge in [0.1, 0.15) is 12.3 Å². The molecule has 1 N–H and O–H groups in total. The van der Waals surface area contributed by atoms with Gasteiger partial charge in [0.15, 0.2) is 0 Å². The molecule has 1 amide bonds. The second-order valence-electron chi connectivity index (χ2n) is 8.11. The number of para-hydroxylation sites is 1. The summed E-state index contributed by atoms with van der Waals surface area (Å²) in [4.78, 5) is 13.0. The number of hydrogen-bond donors (Lipinski definition) is 1. The van der Waals surface area contributed by atoms with Crippen LogP contribution >= 0.6 is 0 Å². The standard InChI is InChI=1S/C27H32N2O4S/c1-4-33-26-15-9-8-11-23(26)12-10-18-28-27(30)20-29(25-17-16-21(2)19-22(25)3)34(31,32)24-13-6-5-7-14-24/h5-9,11,13-17,19H,4,10,12,18,20H2,1-3H3,(H,28,30). The molecule has 0 bridgehead atoms. The number of aryl methyl sites for hydroxylation is 3.